The lowest BCUT2D eigenvalue weighted by molar-refractivity contribution is -0.115. The molecule has 1 heterocycles. The van der Waals surface area contributed by atoms with Crippen molar-refractivity contribution in [3.05, 3.63) is 76.4 Å². The van der Waals surface area contributed by atoms with Crippen LogP contribution in [0.2, 0.25) is 0 Å². The number of carboxylic acid groups (broad SMARTS) is 1. The molecule has 3 rings (SSSR count). The van der Waals surface area contributed by atoms with Crippen molar-refractivity contribution in [1.29, 1.82) is 0 Å². The van der Waals surface area contributed by atoms with E-state index in [2.05, 4.69) is 15.9 Å². The van der Waals surface area contributed by atoms with Crippen LogP contribution in [-0.4, -0.2) is 16.9 Å². The number of benzene rings is 2. The Morgan fingerprint density at radius 3 is 2.35 bits per heavy atom. The lowest BCUT2D eigenvalue weighted by atomic mass is 9.96. The van der Waals surface area contributed by atoms with Crippen molar-refractivity contribution >= 4 is 33.4 Å². The smallest absolute Gasteiger partial charge is 0.335 e. The van der Waals surface area contributed by atoms with E-state index in [9.17, 15) is 9.59 Å². The van der Waals surface area contributed by atoms with Crippen LogP contribution in [0.3, 0.4) is 0 Å². The first-order chi connectivity index (χ1) is 11.0. The van der Waals surface area contributed by atoms with Gasteiger partial charge in [-0.25, -0.2) is 4.79 Å². The summed E-state index contributed by atoms with van der Waals surface area (Å²) in [6.07, 6.45) is 3.70. The van der Waals surface area contributed by atoms with Gasteiger partial charge >= 0.3 is 5.97 Å². The molecule has 0 saturated heterocycles. The Labute approximate surface area is 142 Å². The molecule has 0 fully saturated rings. The zero-order valence-corrected chi connectivity index (χ0v) is 13.7. The van der Waals surface area contributed by atoms with Gasteiger partial charge in [0.15, 0.2) is 5.78 Å². The van der Waals surface area contributed by atoms with Crippen molar-refractivity contribution in [2.75, 3.05) is 4.90 Å². The van der Waals surface area contributed by atoms with E-state index in [1.165, 1.54) is 0 Å². The maximum atomic E-state index is 11.8. The van der Waals surface area contributed by atoms with Crippen LogP contribution < -0.4 is 4.90 Å². The molecule has 1 aliphatic heterocycles. The van der Waals surface area contributed by atoms with Gasteiger partial charge in [-0.3, -0.25) is 4.79 Å². The molecule has 116 valence electrons. The Bertz CT molecular complexity index is 766. The normalized spacial score (nSPS) is 17.3. The van der Waals surface area contributed by atoms with Crippen molar-refractivity contribution in [3.63, 3.8) is 0 Å². The van der Waals surface area contributed by atoms with Gasteiger partial charge in [0.1, 0.15) is 0 Å². The number of carbonyl (C=O) groups is 2. The first kappa shape index (κ1) is 15.5. The quantitative estimate of drug-likeness (QED) is 0.878. The summed E-state index contributed by atoms with van der Waals surface area (Å²) >= 11 is 3.41. The molecular weight excluding hydrogens is 358 g/mol. The number of halogens is 1. The van der Waals surface area contributed by atoms with E-state index in [1.54, 1.807) is 36.5 Å². The second-order valence-corrected chi connectivity index (χ2v) is 6.23. The van der Waals surface area contributed by atoms with E-state index in [0.717, 1.165) is 15.7 Å². The number of hydrogen-bond donors (Lipinski definition) is 1. The molecule has 1 unspecified atom stereocenters. The first-order valence-electron chi connectivity index (χ1n) is 7.13. The highest BCUT2D eigenvalue weighted by Crippen LogP contribution is 2.33. The van der Waals surface area contributed by atoms with Crippen LogP contribution >= 0.6 is 15.9 Å². The van der Waals surface area contributed by atoms with Gasteiger partial charge in [-0.15, -0.1) is 0 Å². The SMILES string of the molecule is O=C1C=CN(c2ccc(C(=O)O)cc2)C(c2ccc(Br)cc2)C1. The number of carbonyl (C=O) groups excluding carboxylic acids is 1. The Balaban J connectivity index is 1.96. The van der Waals surface area contributed by atoms with Crippen LogP contribution in [0.25, 0.3) is 0 Å². The largest absolute Gasteiger partial charge is 0.478 e. The third-order valence-corrected chi connectivity index (χ3v) is 4.35. The number of hydrogen-bond acceptors (Lipinski definition) is 3. The standard InChI is InChI=1S/C18H14BrNO3/c19-14-5-1-12(2-6-14)17-11-16(21)9-10-20(17)15-7-3-13(4-8-15)18(22)23/h1-10,17H,11H2,(H,22,23). The van der Waals surface area contributed by atoms with Gasteiger partial charge in [0.2, 0.25) is 0 Å². The summed E-state index contributed by atoms with van der Waals surface area (Å²) in [5.74, 6) is -0.873. The number of aromatic carboxylic acids is 1. The number of anilines is 1. The zero-order chi connectivity index (χ0) is 16.4. The molecule has 0 amide bonds. The average Bonchev–Trinajstić information content (AvgIpc) is 2.55. The van der Waals surface area contributed by atoms with E-state index >= 15 is 0 Å². The fourth-order valence-corrected chi connectivity index (χ4v) is 2.89. The van der Waals surface area contributed by atoms with Crippen LogP contribution in [0.5, 0.6) is 0 Å². The summed E-state index contributed by atoms with van der Waals surface area (Å²) in [7, 11) is 0. The number of carboxylic acids is 1. The topological polar surface area (TPSA) is 57.6 Å². The molecule has 0 spiro atoms. The number of rotatable bonds is 3. The molecule has 1 N–H and O–H groups in total. The summed E-state index contributed by atoms with van der Waals surface area (Å²) in [4.78, 5) is 24.8. The van der Waals surface area contributed by atoms with Crippen LogP contribution in [0, 0.1) is 0 Å². The fraction of sp³-hybridized carbons (Fsp3) is 0.111. The van der Waals surface area contributed by atoms with Gasteiger partial charge in [0.25, 0.3) is 0 Å². The number of ketones is 1. The van der Waals surface area contributed by atoms with Gasteiger partial charge in [-0.2, -0.15) is 0 Å². The monoisotopic (exact) mass is 371 g/mol. The number of allylic oxidation sites excluding steroid dienone is 1. The Hall–Kier alpha value is -2.40. The van der Waals surface area contributed by atoms with Crippen molar-refractivity contribution in [2.24, 2.45) is 0 Å². The minimum absolute atomic E-state index is 0.0799. The second-order valence-electron chi connectivity index (χ2n) is 5.31. The maximum Gasteiger partial charge on any atom is 0.335 e. The predicted octanol–water partition coefficient (Wildman–Crippen LogP) is 4.18. The molecule has 2 aromatic rings. The maximum absolute atomic E-state index is 11.8. The van der Waals surface area contributed by atoms with E-state index in [4.69, 9.17) is 5.11 Å². The fourth-order valence-electron chi connectivity index (χ4n) is 2.63. The van der Waals surface area contributed by atoms with Crippen molar-refractivity contribution < 1.29 is 14.7 Å². The highest BCUT2D eigenvalue weighted by molar-refractivity contribution is 9.10. The van der Waals surface area contributed by atoms with E-state index in [1.807, 2.05) is 29.2 Å². The minimum Gasteiger partial charge on any atom is -0.478 e. The van der Waals surface area contributed by atoms with Gasteiger partial charge in [0, 0.05) is 22.8 Å². The van der Waals surface area contributed by atoms with Crippen LogP contribution in [0.4, 0.5) is 5.69 Å². The molecule has 0 bridgehead atoms. The summed E-state index contributed by atoms with van der Waals surface area (Å²) in [5, 5.41) is 9.00. The Kier molecular flexibility index (Phi) is 4.30. The predicted molar refractivity (Wildman–Crippen MR) is 91.5 cm³/mol. The molecule has 1 aliphatic rings. The van der Waals surface area contributed by atoms with E-state index in [-0.39, 0.29) is 17.4 Å². The van der Waals surface area contributed by atoms with Gasteiger partial charge in [0.05, 0.1) is 11.6 Å². The van der Waals surface area contributed by atoms with E-state index in [0.29, 0.717) is 6.42 Å². The molecule has 2 aromatic carbocycles. The Morgan fingerprint density at radius 2 is 1.74 bits per heavy atom. The van der Waals surface area contributed by atoms with Crippen molar-refractivity contribution in [3.8, 4) is 0 Å². The minimum atomic E-state index is -0.953. The van der Waals surface area contributed by atoms with Crippen molar-refractivity contribution in [1.82, 2.24) is 0 Å². The molecule has 1 atom stereocenters. The summed E-state index contributed by atoms with van der Waals surface area (Å²) in [6, 6.07) is 14.4. The third kappa shape index (κ3) is 3.35. The molecular formula is C18H14BrNO3. The summed E-state index contributed by atoms with van der Waals surface area (Å²) in [5.41, 5.74) is 2.13. The first-order valence-corrected chi connectivity index (χ1v) is 7.92. The number of nitrogens with zero attached hydrogens (tertiary/aromatic N) is 1. The van der Waals surface area contributed by atoms with Crippen LogP contribution in [0.15, 0.2) is 65.3 Å². The summed E-state index contributed by atoms with van der Waals surface area (Å²) < 4.78 is 0.983. The van der Waals surface area contributed by atoms with Crippen LogP contribution in [0.1, 0.15) is 28.4 Å². The Morgan fingerprint density at radius 1 is 1.09 bits per heavy atom. The lowest BCUT2D eigenvalue weighted by Gasteiger charge is -2.33. The highest BCUT2D eigenvalue weighted by atomic mass is 79.9. The van der Waals surface area contributed by atoms with Gasteiger partial charge < -0.3 is 10.0 Å². The van der Waals surface area contributed by atoms with Crippen molar-refractivity contribution in [2.45, 2.75) is 12.5 Å². The molecule has 0 radical (unpaired) electrons. The van der Waals surface area contributed by atoms with Crippen LogP contribution in [-0.2, 0) is 4.79 Å². The molecule has 23 heavy (non-hydrogen) atoms. The zero-order valence-electron chi connectivity index (χ0n) is 12.1. The lowest BCUT2D eigenvalue weighted by Crippen LogP contribution is -2.28. The van der Waals surface area contributed by atoms with Gasteiger partial charge in [-0.1, -0.05) is 28.1 Å². The van der Waals surface area contributed by atoms with Gasteiger partial charge in [-0.05, 0) is 48.0 Å². The summed E-state index contributed by atoms with van der Waals surface area (Å²) in [6.45, 7) is 0. The average molecular weight is 372 g/mol. The molecule has 0 aliphatic carbocycles. The third-order valence-electron chi connectivity index (χ3n) is 3.82. The molecule has 4 nitrogen and oxygen atoms in total. The molecule has 0 aromatic heterocycles. The molecule has 0 saturated carbocycles. The molecule has 5 heteroatoms. The highest BCUT2D eigenvalue weighted by Gasteiger charge is 2.25. The second kappa shape index (κ2) is 6.38. The van der Waals surface area contributed by atoms with E-state index < -0.39 is 5.97 Å².